The summed E-state index contributed by atoms with van der Waals surface area (Å²) in [7, 11) is 0. The molecule has 0 spiro atoms. The second kappa shape index (κ2) is 8.52. The van der Waals surface area contributed by atoms with Gasteiger partial charge in [-0.1, -0.05) is 5.16 Å². The van der Waals surface area contributed by atoms with E-state index in [0.717, 1.165) is 12.8 Å². The van der Waals surface area contributed by atoms with Crippen LogP contribution in [0.4, 0.5) is 8.78 Å². The summed E-state index contributed by atoms with van der Waals surface area (Å²) in [5, 5.41) is 3.98. The van der Waals surface area contributed by atoms with Crippen molar-refractivity contribution in [2.45, 2.75) is 18.8 Å². The number of aromatic nitrogens is 2. The van der Waals surface area contributed by atoms with Crippen molar-refractivity contribution >= 4 is 19.4 Å². The summed E-state index contributed by atoms with van der Waals surface area (Å²) in [6.45, 7) is 1.09. The zero-order chi connectivity index (χ0) is 18.8. The highest BCUT2D eigenvalue weighted by molar-refractivity contribution is 7.59. The van der Waals surface area contributed by atoms with E-state index >= 15 is 0 Å². The first kappa shape index (κ1) is 20.0. The van der Waals surface area contributed by atoms with Crippen LogP contribution in [0.15, 0.2) is 53.1 Å². The van der Waals surface area contributed by atoms with Gasteiger partial charge in [-0.3, -0.25) is 4.79 Å². The average Bonchev–Trinajstić information content (AvgIpc) is 3.19. The van der Waals surface area contributed by atoms with E-state index in [-0.39, 0.29) is 37.0 Å². The van der Waals surface area contributed by atoms with Crippen molar-refractivity contribution in [2.75, 3.05) is 13.1 Å². The van der Waals surface area contributed by atoms with Gasteiger partial charge >= 0.3 is 0 Å². The quantitative estimate of drug-likeness (QED) is 0.659. The Hall–Kier alpha value is -2.74. The Labute approximate surface area is 167 Å². The Morgan fingerprint density at radius 2 is 1.68 bits per heavy atom. The van der Waals surface area contributed by atoms with Crippen molar-refractivity contribution in [1.29, 1.82) is 0 Å². The lowest BCUT2D eigenvalue weighted by Crippen LogP contribution is -2.39. The molecule has 2 heterocycles. The molecular formula is C20H19F2N3O2S. The highest BCUT2D eigenvalue weighted by Crippen LogP contribution is 2.28. The van der Waals surface area contributed by atoms with Crippen LogP contribution in [0.1, 0.15) is 35.0 Å². The lowest BCUT2D eigenvalue weighted by atomic mass is 9.97. The fourth-order valence-corrected chi connectivity index (χ4v) is 3.26. The van der Waals surface area contributed by atoms with Crippen LogP contribution < -0.4 is 0 Å². The molecule has 0 N–H and O–H groups in total. The maximum Gasteiger partial charge on any atom is 0.253 e. The van der Waals surface area contributed by atoms with Gasteiger partial charge in [0.05, 0.1) is 5.92 Å². The van der Waals surface area contributed by atoms with Crippen molar-refractivity contribution < 1.29 is 18.1 Å². The third kappa shape index (κ3) is 4.22. The van der Waals surface area contributed by atoms with Gasteiger partial charge in [0.15, 0.2) is 0 Å². The highest BCUT2D eigenvalue weighted by Gasteiger charge is 2.29. The number of likely N-dealkylation sites (tertiary alicyclic amines) is 1. The maximum absolute atomic E-state index is 13.1. The monoisotopic (exact) mass is 403 g/mol. The molecule has 146 valence electrons. The summed E-state index contributed by atoms with van der Waals surface area (Å²) in [4.78, 5) is 18.8. The SMILES string of the molecule is O=C(c1ccc(F)cc1)N1CCC[C@H](c2nc(-c3ccc(F)cc3)no2)C1.S. The number of carbonyl (C=O) groups excluding carboxylic acids is 1. The number of hydrogen-bond donors (Lipinski definition) is 0. The van der Waals surface area contributed by atoms with Gasteiger partial charge in [0.1, 0.15) is 11.6 Å². The van der Waals surface area contributed by atoms with Crippen LogP contribution in [0.3, 0.4) is 0 Å². The Balaban J connectivity index is 0.00000225. The van der Waals surface area contributed by atoms with Crippen molar-refractivity contribution in [1.82, 2.24) is 15.0 Å². The van der Waals surface area contributed by atoms with Crippen molar-refractivity contribution in [3.8, 4) is 11.4 Å². The molecule has 1 aliphatic rings. The molecule has 5 nitrogen and oxygen atoms in total. The van der Waals surface area contributed by atoms with Gasteiger partial charge in [0, 0.05) is 24.2 Å². The van der Waals surface area contributed by atoms with Crippen LogP contribution in [0.5, 0.6) is 0 Å². The largest absolute Gasteiger partial charge is 0.339 e. The van der Waals surface area contributed by atoms with Crippen molar-refractivity contribution in [2.24, 2.45) is 0 Å². The molecule has 1 aliphatic heterocycles. The van der Waals surface area contributed by atoms with E-state index in [9.17, 15) is 13.6 Å². The summed E-state index contributed by atoms with van der Waals surface area (Å²) in [6, 6.07) is 11.4. The second-order valence-electron chi connectivity index (χ2n) is 6.56. The molecule has 1 aromatic heterocycles. The topological polar surface area (TPSA) is 59.2 Å². The second-order valence-corrected chi connectivity index (χ2v) is 6.56. The predicted octanol–water partition coefficient (Wildman–Crippen LogP) is 4.15. The van der Waals surface area contributed by atoms with Crippen LogP contribution in [0.25, 0.3) is 11.4 Å². The molecule has 1 saturated heterocycles. The number of piperidine rings is 1. The minimum absolute atomic E-state index is 0. The molecule has 1 fully saturated rings. The fraction of sp³-hybridized carbons (Fsp3) is 0.250. The van der Waals surface area contributed by atoms with Crippen LogP contribution in [0.2, 0.25) is 0 Å². The Morgan fingerprint density at radius 1 is 1.04 bits per heavy atom. The van der Waals surface area contributed by atoms with Gasteiger partial charge in [-0.15, -0.1) is 0 Å². The van der Waals surface area contributed by atoms with E-state index in [1.54, 1.807) is 17.0 Å². The van der Waals surface area contributed by atoms with Crippen LogP contribution in [-0.4, -0.2) is 34.0 Å². The van der Waals surface area contributed by atoms with E-state index in [2.05, 4.69) is 10.1 Å². The van der Waals surface area contributed by atoms with Crippen molar-refractivity contribution in [3.63, 3.8) is 0 Å². The third-order valence-corrected chi connectivity index (χ3v) is 4.69. The number of halogens is 2. The van der Waals surface area contributed by atoms with E-state index in [0.29, 0.717) is 35.9 Å². The van der Waals surface area contributed by atoms with E-state index in [1.807, 2.05) is 0 Å². The molecule has 0 unspecified atom stereocenters. The molecule has 28 heavy (non-hydrogen) atoms. The molecule has 4 rings (SSSR count). The van der Waals surface area contributed by atoms with Crippen LogP contribution >= 0.6 is 13.5 Å². The molecule has 1 atom stereocenters. The van der Waals surface area contributed by atoms with Gasteiger partial charge in [-0.25, -0.2) is 8.78 Å². The number of nitrogens with zero attached hydrogens (tertiary/aromatic N) is 3. The number of hydrogen-bond acceptors (Lipinski definition) is 4. The Kier molecular flexibility index (Phi) is 6.08. The number of carbonyl (C=O) groups is 1. The minimum atomic E-state index is -0.373. The summed E-state index contributed by atoms with van der Waals surface area (Å²) >= 11 is 0. The summed E-state index contributed by atoms with van der Waals surface area (Å²) in [5.41, 5.74) is 1.12. The molecule has 0 bridgehead atoms. The van der Waals surface area contributed by atoms with Gasteiger partial charge < -0.3 is 9.42 Å². The number of rotatable bonds is 3. The molecule has 3 aromatic rings. The molecule has 0 radical (unpaired) electrons. The molecule has 1 amide bonds. The Morgan fingerprint density at radius 3 is 2.36 bits per heavy atom. The zero-order valence-corrected chi connectivity index (χ0v) is 15.9. The molecular weight excluding hydrogens is 384 g/mol. The number of benzene rings is 2. The van der Waals surface area contributed by atoms with Gasteiger partial charge in [-0.05, 0) is 61.4 Å². The average molecular weight is 403 g/mol. The first-order valence-electron chi connectivity index (χ1n) is 8.74. The predicted molar refractivity (Wildman–Crippen MR) is 104 cm³/mol. The van der Waals surface area contributed by atoms with E-state index < -0.39 is 0 Å². The van der Waals surface area contributed by atoms with E-state index in [1.165, 1.54) is 36.4 Å². The summed E-state index contributed by atoms with van der Waals surface area (Å²) < 4.78 is 31.5. The molecule has 0 saturated carbocycles. The first-order valence-corrected chi connectivity index (χ1v) is 8.74. The highest BCUT2D eigenvalue weighted by atomic mass is 32.1. The standard InChI is InChI=1S/C20H17F2N3O2.H2S/c21-16-7-3-13(4-8-16)18-23-19(27-24-18)15-2-1-11-25(12-15)20(26)14-5-9-17(22)10-6-14;/h3-10,15H,1-2,11-12H2;1H2/t15-;/m0./s1. The normalized spacial score (nSPS) is 16.5. The smallest absolute Gasteiger partial charge is 0.253 e. The first-order chi connectivity index (χ1) is 13.1. The van der Waals surface area contributed by atoms with Crippen LogP contribution in [-0.2, 0) is 0 Å². The Bertz CT molecular complexity index is 945. The molecule has 0 aliphatic carbocycles. The minimum Gasteiger partial charge on any atom is -0.339 e. The van der Waals surface area contributed by atoms with Gasteiger partial charge in [0.25, 0.3) is 5.91 Å². The lowest BCUT2D eigenvalue weighted by molar-refractivity contribution is 0.0695. The van der Waals surface area contributed by atoms with Crippen LogP contribution in [0, 0.1) is 11.6 Å². The van der Waals surface area contributed by atoms with Crippen molar-refractivity contribution in [3.05, 3.63) is 71.6 Å². The summed E-state index contributed by atoms with van der Waals surface area (Å²) in [6.07, 6.45) is 1.64. The van der Waals surface area contributed by atoms with Gasteiger partial charge in [0.2, 0.25) is 11.7 Å². The van der Waals surface area contributed by atoms with Gasteiger partial charge in [-0.2, -0.15) is 18.5 Å². The third-order valence-electron chi connectivity index (χ3n) is 4.69. The molecule has 2 aromatic carbocycles. The maximum atomic E-state index is 13.1. The lowest BCUT2D eigenvalue weighted by Gasteiger charge is -2.31. The summed E-state index contributed by atoms with van der Waals surface area (Å²) in [5.74, 6) is -0.0484. The zero-order valence-electron chi connectivity index (χ0n) is 14.9. The molecule has 8 heteroatoms. The number of amides is 1. The fourth-order valence-electron chi connectivity index (χ4n) is 3.26. The van der Waals surface area contributed by atoms with E-state index in [4.69, 9.17) is 4.52 Å².